The molecule has 0 radical (unpaired) electrons. The molecule has 0 amide bonds. The third-order valence-electron chi connectivity index (χ3n) is 5.57. The van der Waals surface area contributed by atoms with Gasteiger partial charge in [0.2, 0.25) is 0 Å². The van der Waals surface area contributed by atoms with Crippen LogP contribution in [-0.2, 0) is 0 Å². The molecule has 1 aliphatic carbocycles. The van der Waals surface area contributed by atoms with Crippen molar-refractivity contribution in [3.8, 4) is 22.3 Å². The highest BCUT2D eigenvalue weighted by Crippen LogP contribution is 2.42. The standard InChI is InChI=1S/C21H20N4O2/c1-11-18(12(2)27-25-11)14-9-16(20-17(10-14)23-21(26)24-20)15-7-4-8-22-19(15)13-5-3-6-13/h4,7-10,13H,3,5-6H2,1-2H3,(H2,23,24,26). The molecule has 0 aliphatic heterocycles. The van der Waals surface area contributed by atoms with E-state index < -0.39 is 0 Å². The summed E-state index contributed by atoms with van der Waals surface area (Å²) in [5.74, 6) is 1.26. The molecule has 27 heavy (non-hydrogen) atoms. The number of benzene rings is 1. The van der Waals surface area contributed by atoms with Crippen LogP contribution >= 0.6 is 0 Å². The van der Waals surface area contributed by atoms with E-state index in [2.05, 4.69) is 32.2 Å². The first-order valence-corrected chi connectivity index (χ1v) is 9.26. The maximum Gasteiger partial charge on any atom is 0.323 e. The molecule has 6 nitrogen and oxygen atoms in total. The molecule has 0 saturated heterocycles. The molecule has 3 aromatic heterocycles. The van der Waals surface area contributed by atoms with Crippen LogP contribution in [-0.4, -0.2) is 20.1 Å². The predicted octanol–water partition coefficient (Wildman–Crippen LogP) is 4.46. The summed E-state index contributed by atoms with van der Waals surface area (Å²) in [7, 11) is 0. The Kier molecular flexibility index (Phi) is 3.53. The Balaban J connectivity index is 1.81. The number of aryl methyl sites for hydroxylation is 2. The van der Waals surface area contributed by atoms with E-state index in [1.54, 1.807) is 0 Å². The molecule has 1 fully saturated rings. The molecule has 1 saturated carbocycles. The van der Waals surface area contributed by atoms with Crippen LogP contribution in [0.25, 0.3) is 33.3 Å². The number of nitrogens with zero attached hydrogens (tertiary/aromatic N) is 2. The Morgan fingerprint density at radius 3 is 2.70 bits per heavy atom. The average Bonchev–Trinajstić information content (AvgIpc) is 3.14. The van der Waals surface area contributed by atoms with Crippen molar-refractivity contribution >= 4 is 11.0 Å². The van der Waals surface area contributed by atoms with Crippen LogP contribution in [0.4, 0.5) is 0 Å². The molecule has 4 aromatic rings. The Morgan fingerprint density at radius 1 is 1.15 bits per heavy atom. The van der Waals surface area contributed by atoms with Gasteiger partial charge in [0.25, 0.3) is 0 Å². The quantitative estimate of drug-likeness (QED) is 0.565. The number of H-pyrrole nitrogens is 2. The number of imidazole rings is 1. The molecule has 0 unspecified atom stereocenters. The molecule has 0 bridgehead atoms. The van der Waals surface area contributed by atoms with Gasteiger partial charge in [-0.2, -0.15) is 0 Å². The molecule has 3 heterocycles. The summed E-state index contributed by atoms with van der Waals surface area (Å²) in [6, 6.07) is 8.13. The van der Waals surface area contributed by atoms with E-state index in [-0.39, 0.29) is 5.69 Å². The fourth-order valence-corrected chi connectivity index (χ4v) is 4.05. The summed E-state index contributed by atoms with van der Waals surface area (Å²) < 4.78 is 5.36. The Bertz CT molecular complexity index is 1190. The first-order valence-electron chi connectivity index (χ1n) is 9.26. The van der Waals surface area contributed by atoms with Gasteiger partial charge in [-0.25, -0.2) is 4.79 Å². The van der Waals surface area contributed by atoms with Crippen LogP contribution in [0.5, 0.6) is 0 Å². The van der Waals surface area contributed by atoms with Gasteiger partial charge in [0.05, 0.1) is 22.4 Å². The molecule has 1 aliphatic rings. The number of fused-ring (bicyclic) bond motifs is 1. The van der Waals surface area contributed by atoms with Gasteiger partial charge in [-0.1, -0.05) is 17.6 Å². The molecule has 6 heteroatoms. The largest absolute Gasteiger partial charge is 0.361 e. The number of hydrogen-bond acceptors (Lipinski definition) is 4. The molecular weight excluding hydrogens is 340 g/mol. The summed E-state index contributed by atoms with van der Waals surface area (Å²) in [4.78, 5) is 22.6. The summed E-state index contributed by atoms with van der Waals surface area (Å²) in [6.45, 7) is 3.84. The minimum Gasteiger partial charge on any atom is -0.361 e. The Labute approximate surface area is 155 Å². The maximum absolute atomic E-state index is 12.0. The topological polar surface area (TPSA) is 87.6 Å². The lowest BCUT2D eigenvalue weighted by atomic mass is 9.79. The first kappa shape index (κ1) is 16.1. The fourth-order valence-electron chi connectivity index (χ4n) is 4.05. The van der Waals surface area contributed by atoms with E-state index in [1.807, 2.05) is 32.2 Å². The van der Waals surface area contributed by atoms with Gasteiger partial charge in [-0.05, 0) is 50.5 Å². The Hall–Kier alpha value is -3.15. The molecule has 5 rings (SSSR count). The number of aromatic amines is 2. The van der Waals surface area contributed by atoms with Gasteiger partial charge >= 0.3 is 5.69 Å². The SMILES string of the molecule is Cc1noc(C)c1-c1cc(-c2cccnc2C2CCC2)c2[nH]c(=O)[nH]c2c1. The monoisotopic (exact) mass is 360 g/mol. The highest BCUT2D eigenvalue weighted by Gasteiger charge is 2.25. The molecule has 2 N–H and O–H groups in total. The van der Waals surface area contributed by atoms with Gasteiger partial charge in [-0.3, -0.25) is 4.98 Å². The van der Waals surface area contributed by atoms with Gasteiger partial charge < -0.3 is 14.5 Å². The molecule has 136 valence electrons. The number of aromatic nitrogens is 4. The van der Waals surface area contributed by atoms with Crippen molar-refractivity contribution in [2.75, 3.05) is 0 Å². The maximum atomic E-state index is 12.0. The van der Waals surface area contributed by atoms with Crippen LogP contribution in [0.3, 0.4) is 0 Å². The average molecular weight is 360 g/mol. The first-order chi connectivity index (χ1) is 13.1. The van der Waals surface area contributed by atoms with E-state index in [0.717, 1.165) is 50.4 Å². The highest BCUT2D eigenvalue weighted by molar-refractivity contribution is 5.96. The van der Waals surface area contributed by atoms with E-state index in [4.69, 9.17) is 4.52 Å². The minimum absolute atomic E-state index is 0.212. The zero-order chi connectivity index (χ0) is 18.5. The van der Waals surface area contributed by atoms with Crippen molar-refractivity contribution in [2.45, 2.75) is 39.0 Å². The van der Waals surface area contributed by atoms with E-state index in [1.165, 1.54) is 19.3 Å². The van der Waals surface area contributed by atoms with Crippen molar-refractivity contribution in [1.82, 2.24) is 20.1 Å². The van der Waals surface area contributed by atoms with Crippen LogP contribution in [0, 0.1) is 13.8 Å². The fraction of sp³-hybridized carbons (Fsp3) is 0.286. The lowest BCUT2D eigenvalue weighted by molar-refractivity contribution is 0.393. The second kappa shape index (κ2) is 5.94. The van der Waals surface area contributed by atoms with Gasteiger partial charge in [0, 0.05) is 28.8 Å². The van der Waals surface area contributed by atoms with Crippen molar-refractivity contribution in [3.05, 3.63) is 58.1 Å². The minimum atomic E-state index is -0.212. The van der Waals surface area contributed by atoms with Crippen molar-refractivity contribution in [3.63, 3.8) is 0 Å². The van der Waals surface area contributed by atoms with Crippen molar-refractivity contribution < 1.29 is 4.52 Å². The smallest absolute Gasteiger partial charge is 0.323 e. The summed E-state index contributed by atoms with van der Waals surface area (Å²) in [6.07, 6.45) is 5.43. The zero-order valence-electron chi connectivity index (χ0n) is 15.3. The second-order valence-corrected chi connectivity index (χ2v) is 7.29. The second-order valence-electron chi connectivity index (χ2n) is 7.29. The van der Waals surface area contributed by atoms with Crippen LogP contribution in [0.15, 0.2) is 39.8 Å². The van der Waals surface area contributed by atoms with E-state index in [9.17, 15) is 4.79 Å². The van der Waals surface area contributed by atoms with E-state index >= 15 is 0 Å². The summed E-state index contributed by atoms with van der Waals surface area (Å²) in [5, 5.41) is 4.08. The number of pyridine rings is 1. The van der Waals surface area contributed by atoms with Crippen molar-refractivity contribution in [1.29, 1.82) is 0 Å². The number of rotatable bonds is 3. The van der Waals surface area contributed by atoms with Crippen LogP contribution in [0.1, 0.15) is 42.3 Å². The van der Waals surface area contributed by atoms with Gasteiger partial charge in [0.15, 0.2) is 0 Å². The van der Waals surface area contributed by atoms with Gasteiger partial charge in [-0.15, -0.1) is 0 Å². The number of nitrogens with one attached hydrogen (secondary N) is 2. The highest BCUT2D eigenvalue weighted by atomic mass is 16.5. The normalized spacial score (nSPS) is 14.6. The third kappa shape index (κ3) is 2.51. The Morgan fingerprint density at radius 2 is 2.00 bits per heavy atom. The van der Waals surface area contributed by atoms with E-state index in [0.29, 0.717) is 5.92 Å². The third-order valence-corrected chi connectivity index (χ3v) is 5.57. The number of hydrogen-bond donors (Lipinski definition) is 2. The molecule has 0 spiro atoms. The molecule has 0 atom stereocenters. The van der Waals surface area contributed by atoms with Gasteiger partial charge in [0.1, 0.15) is 5.76 Å². The van der Waals surface area contributed by atoms with Crippen LogP contribution in [0.2, 0.25) is 0 Å². The lowest BCUT2D eigenvalue weighted by Gasteiger charge is -2.27. The molecular formula is C21H20N4O2. The summed E-state index contributed by atoms with van der Waals surface area (Å²) >= 11 is 0. The molecule has 1 aromatic carbocycles. The predicted molar refractivity (Wildman–Crippen MR) is 104 cm³/mol. The summed E-state index contributed by atoms with van der Waals surface area (Å²) in [5.41, 5.74) is 7.33. The van der Waals surface area contributed by atoms with Crippen molar-refractivity contribution in [2.24, 2.45) is 0 Å². The van der Waals surface area contributed by atoms with Crippen LogP contribution < -0.4 is 5.69 Å². The zero-order valence-corrected chi connectivity index (χ0v) is 15.3. The lowest BCUT2D eigenvalue weighted by Crippen LogP contribution is -2.11.